The molecule has 16 heavy (non-hydrogen) atoms. The van der Waals surface area contributed by atoms with Crippen LogP contribution in [-0.4, -0.2) is 35.4 Å². The van der Waals surface area contributed by atoms with Gasteiger partial charge in [0.2, 0.25) is 0 Å². The minimum absolute atomic E-state index is 0.222. The van der Waals surface area contributed by atoms with Gasteiger partial charge in [-0.15, -0.1) is 0 Å². The molecule has 0 bridgehead atoms. The van der Waals surface area contributed by atoms with Gasteiger partial charge in [-0.2, -0.15) is 0 Å². The largest absolute Gasteiger partial charge is 0.506 e. The number of anilines is 1. The van der Waals surface area contributed by atoms with Gasteiger partial charge in [-0.3, -0.25) is 0 Å². The van der Waals surface area contributed by atoms with Crippen LogP contribution in [0.25, 0.3) is 0 Å². The minimum atomic E-state index is -0.659. The maximum absolute atomic E-state index is 10.2. The van der Waals surface area contributed by atoms with Gasteiger partial charge in [-0.1, -0.05) is 12.1 Å². The summed E-state index contributed by atoms with van der Waals surface area (Å²) >= 11 is 0. The number of aromatic hydroxyl groups is 1. The molecule has 4 N–H and O–H groups in total. The van der Waals surface area contributed by atoms with Crippen molar-refractivity contribution in [3.63, 3.8) is 0 Å². The van der Waals surface area contributed by atoms with E-state index in [0.29, 0.717) is 12.2 Å². The summed E-state index contributed by atoms with van der Waals surface area (Å²) < 4.78 is 0. The van der Waals surface area contributed by atoms with Crippen LogP contribution in [0.5, 0.6) is 5.75 Å². The molecule has 0 spiro atoms. The number of nitrogens with one attached hydrogen (secondary N) is 2. The van der Waals surface area contributed by atoms with Gasteiger partial charge < -0.3 is 20.8 Å². The normalized spacial score (nSPS) is 19.3. The number of phenolic OH excluding ortho intramolecular Hbond substituents is 1. The van der Waals surface area contributed by atoms with Crippen molar-refractivity contribution in [3.05, 3.63) is 24.3 Å². The van der Waals surface area contributed by atoms with Gasteiger partial charge in [-0.05, 0) is 38.1 Å². The summed E-state index contributed by atoms with van der Waals surface area (Å²) in [6, 6.07) is 7.07. The van der Waals surface area contributed by atoms with E-state index in [1.54, 1.807) is 18.2 Å². The molecular weight excluding hydrogens is 204 g/mol. The Morgan fingerprint density at radius 3 is 2.62 bits per heavy atom. The highest BCUT2D eigenvalue weighted by molar-refractivity contribution is 5.55. The molecule has 0 aromatic heterocycles. The lowest BCUT2D eigenvalue weighted by molar-refractivity contribution is 0.0232. The topological polar surface area (TPSA) is 64.5 Å². The average molecular weight is 222 g/mol. The van der Waals surface area contributed by atoms with Crippen LogP contribution >= 0.6 is 0 Å². The highest BCUT2D eigenvalue weighted by Gasteiger charge is 2.28. The number of para-hydroxylation sites is 2. The third-order valence-electron chi connectivity index (χ3n) is 3.05. The quantitative estimate of drug-likeness (QED) is 0.574. The van der Waals surface area contributed by atoms with E-state index in [9.17, 15) is 10.2 Å². The second-order valence-electron chi connectivity index (χ2n) is 4.35. The third-order valence-corrected chi connectivity index (χ3v) is 3.05. The summed E-state index contributed by atoms with van der Waals surface area (Å²) in [5, 5.41) is 26.1. The molecule has 0 radical (unpaired) electrons. The molecule has 0 atom stereocenters. The summed E-state index contributed by atoms with van der Waals surface area (Å²) in [6.07, 6.45) is 1.49. The van der Waals surface area contributed by atoms with Crippen LogP contribution in [0.4, 0.5) is 5.69 Å². The van der Waals surface area contributed by atoms with Crippen molar-refractivity contribution in [3.8, 4) is 5.75 Å². The zero-order valence-electron chi connectivity index (χ0n) is 9.24. The van der Waals surface area contributed by atoms with Crippen molar-refractivity contribution in [1.29, 1.82) is 0 Å². The third kappa shape index (κ3) is 2.65. The number of benzene rings is 1. The van der Waals surface area contributed by atoms with E-state index in [1.165, 1.54) is 0 Å². The number of piperidine rings is 1. The van der Waals surface area contributed by atoms with Gasteiger partial charge in [-0.25, -0.2) is 0 Å². The van der Waals surface area contributed by atoms with E-state index < -0.39 is 5.60 Å². The Morgan fingerprint density at radius 1 is 1.25 bits per heavy atom. The van der Waals surface area contributed by atoms with Crippen LogP contribution in [0.2, 0.25) is 0 Å². The lowest BCUT2D eigenvalue weighted by Crippen LogP contribution is -2.46. The lowest BCUT2D eigenvalue weighted by atomic mass is 9.92. The van der Waals surface area contributed by atoms with Crippen molar-refractivity contribution in [2.45, 2.75) is 18.4 Å². The first kappa shape index (κ1) is 11.2. The SMILES string of the molecule is Oc1ccccc1NCC1(O)CCNCC1. The second kappa shape index (κ2) is 4.72. The highest BCUT2D eigenvalue weighted by Crippen LogP contribution is 2.24. The van der Waals surface area contributed by atoms with Crippen LogP contribution in [0.15, 0.2) is 24.3 Å². The standard InChI is InChI=1S/C12H18N2O2/c15-11-4-2-1-3-10(11)14-9-12(16)5-7-13-8-6-12/h1-4,13-16H,5-9H2. The van der Waals surface area contributed by atoms with Gasteiger partial charge in [0.25, 0.3) is 0 Å². The molecule has 0 aliphatic carbocycles. The summed E-state index contributed by atoms with van der Waals surface area (Å²) in [6.45, 7) is 2.17. The molecule has 1 aliphatic heterocycles. The molecule has 1 saturated heterocycles. The Kier molecular flexibility index (Phi) is 3.31. The first-order valence-corrected chi connectivity index (χ1v) is 5.65. The Bertz CT molecular complexity index is 349. The van der Waals surface area contributed by atoms with Gasteiger partial charge in [0.1, 0.15) is 5.75 Å². The fraction of sp³-hybridized carbons (Fsp3) is 0.500. The Hall–Kier alpha value is -1.26. The first-order valence-electron chi connectivity index (χ1n) is 5.65. The van der Waals surface area contributed by atoms with Gasteiger partial charge in [0.15, 0.2) is 0 Å². The Morgan fingerprint density at radius 2 is 1.94 bits per heavy atom. The van der Waals surface area contributed by atoms with Crippen molar-refractivity contribution in [2.24, 2.45) is 0 Å². The monoisotopic (exact) mass is 222 g/mol. The summed E-state index contributed by atoms with van der Waals surface area (Å²) in [5.41, 5.74) is 0.0162. The minimum Gasteiger partial charge on any atom is -0.506 e. The Labute approximate surface area is 95.3 Å². The summed E-state index contributed by atoms with van der Waals surface area (Å²) in [7, 11) is 0. The number of aliphatic hydroxyl groups is 1. The smallest absolute Gasteiger partial charge is 0.138 e. The van der Waals surface area contributed by atoms with Crippen LogP contribution < -0.4 is 10.6 Å². The van der Waals surface area contributed by atoms with E-state index in [4.69, 9.17) is 0 Å². The average Bonchev–Trinajstić information content (AvgIpc) is 2.29. The predicted octanol–water partition coefficient (Wildman–Crippen LogP) is 0.919. The van der Waals surface area contributed by atoms with E-state index >= 15 is 0 Å². The molecule has 1 aromatic carbocycles. The fourth-order valence-electron chi connectivity index (χ4n) is 1.95. The van der Waals surface area contributed by atoms with Crippen molar-refractivity contribution in [1.82, 2.24) is 5.32 Å². The van der Waals surface area contributed by atoms with Crippen LogP contribution in [-0.2, 0) is 0 Å². The number of hydrogen-bond acceptors (Lipinski definition) is 4. The van der Waals surface area contributed by atoms with Crippen LogP contribution in [0, 0.1) is 0 Å². The molecule has 4 nitrogen and oxygen atoms in total. The van der Waals surface area contributed by atoms with Gasteiger partial charge >= 0.3 is 0 Å². The molecule has 0 saturated carbocycles. The Balaban J connectivity index is 1.94. The van der Waals surface area contributed by atoms with Gasteiger partial charge in [0, 0.05) is 6.54 Å². The summed E-state index contributed by atoms with van der Waals surface area (Å²) in [4.78, 5) is 0. The summed E-state index contributed by atoms with van der Waals surface area (Å²) in [5.74, 6) is 0.222. The maximum Gasteiger partial charge on any atom is 0.138 e. The molecule has 1 heterocycles. The fourth-order valence-corrected chi connectivity index (χ4v) is 1.95. The van der Waals surface area contributed by atoms with E-state index in [2.05, 4.69) is 10.6 Å². The first-order chi connectivity index (χ1) is 7.70. The number of hydrogen-bond donors (Lipinski definition) is 4. The van der Waals surface area contributed by atoms with Crippen LogP contribution in [0.1, 0.15) is 12.8 Å². The van der Waals surface area contributed by atoms with Crippen molar-refractivity contribution in [2.75, 3.05) is 25.0 Å². The zero-order chi connectivity index (χ0) is 11.4. The maximum atomic E-state index is 10.2. The van der Waals surface area contributed by atoms with Crippen LogP contribution in [0.3, 0.4) is 0 Å². The van der Waals surface area contributed by atoms with E-state index in [-0.39, 0.29) is 5.75 Å². The second-order valence-corrected chi connectivity index (χ2v) is 4.35. The molecule has 1 fully saturated rings. The highest BCUT2D eigenvalue weighted by atomic mass is 16.3. The zero-order valence-corrected chi connectivity index (χ0v) is 9.24. The molecule has 88 valence electrons. The van der Waals surface area contributed by atoms with Crippen molar-refractivity contribution >= 4 is 5.69 Å². The number of rotatable bonds is 3. The lowest BCUT2D eigenvalue weighted by Gasteiger charge is -2.33. The molecule has 4 heteroatoms. The molecule has 0 amide bonds. The molecule has 1 aromatic rings. The molecule has 2 rings (SSSR count). The molecule has 1 aliphatic rings. The molecular formula is C12H18N2O2. The predicted molar refractivity (Wildman–Crippen MR) is 63.7 cm³/mol. The number of phenols is 1. The molecule has 0 unspecified atom stereocenters. The van der Waals surface area contributed by atoms with E-state index in [1.807, 2.05) is 6.07 Å². The van der Waals surface area contributed by atoms with Gasteiger partial charge in [0.05, 0.1) is 11.3 Å². The van der Waals surface area contributed by atoms with E-state index in [0.717, 1.165) is 25.9 Å². The van der Waals surface area contributed by atoms with Crippen molar-refractivity contribution < 1.29 is 10.2 Å².